The van der Waals surface area contributed by atoms with Crippen molar-refractivity contribution in [3.05, 3.63) is 47.3 Å². The number of rotatable bonds is 6. The fourth-order valence-electron chi connectivity index (χ4n) is 2.52. The molecule has 0 aliphatic heterocycles. The van der Waals surface area contributed by atoms with Crippen molar-refractivity contribution in [2.75, 3.05) is 13.6 Å². The van der Waals surface area contributed by atoms with Crippen molar-refractivity contribution in [2.45, 2.75) is 40.2 Å². The van der Waals surface area contributed by atoms with E-state index < -0.39 is 0 Å². The number of unbranched alkanes of at least 4 members (excludes halogenated alkanes) is 1. The molecule has 132 valence electrons. The van der Waals surface area contributed by atoms with E-state index in [1.807, 2.05) is 17.7 Å². The second kappa shape index (κ2) is 10.3. The van der Waals surface area contributed by atoms with Crippen LogP contribution in [-0.2, 0) is 6.54 Å². The highest BCUT2D eigenvalue weighted by Crippen LogP contribution is 2.16. The van der Waals surface area contributed by atoms with Gasteiger partial charge in [-0.25, -0.2) is 4.68 Å². The summed E-state index contributed by atoms with van der Waals surface area (Å²) in [4.78, 5) is 4.27. The largest absolute Gasteiger partial charge is 0.356 e. The molecule has 0 aliphatic rings. The van der Waals surface area contributed by atoms with Crippen molar-refractivity contribution in [3.8, 4) is 5.69 Å². The molecule has 0 bridgehead atoms. The van der Waals surface area contributed by atoms with Gasteiger partial charge in [0.25, 0.3) is 0 Å². The lowest BCUT2D eigenvalue weighted by Crippen LogP contribution is -2.37. The molecule has 2 N–H and O–H groups in total. The van der Waals surface area contributed by atoms with Crippen molar-refractivity contribution in [2.24, 2.45) is 4.99 Å². The summed E-state index contributed by atoms with van der Waals surface area (Å²) in [7, 11) is 1.80. The third-order valence-electron chi connectivity index (χ3n) is 3.72. The fraction of sp³-hybridized carbons (Fsp3) is 0.444. The van der Waals surface area contributed by atoms with E-state index in [9.17, 15) is 0 Å². The molecule has 0 amide bonds. The van der Waals surface area contributed by atoms with Gasteiger partial charge >= 0.3 is 0 Å². The predicted octanol–water partition coefficient (Wildman–Crippen LogP) is 3.57. The molecular formula is C18H28IN5. The Balaban J connectivity index is 0.00000288. The number of para-hydroxylation sites is 1. The maximum absolute atomic E-state index is 4.59. The Morgan fingerprint density at radius 3 is 2.58 bits per heavy atom. The summed E-state index contributed by atoms with van der Waals surface area (Å²) in [5.41, 5.74) is 4.47. The lowest BCUT2D eigenvalue weighted by molar-refractivity contribution is 0.726. The fourth-order valence-corrected chi connectivity index (χ4v) is 2.52. The van der Waals surface area contributed by atoms with E-state index in [1.165, 1.54) is 12.0 Å². The van der Waals surface area contributed by atoms with Crippen molar-refractivity contribution >= 4 is 29.9 Å². The Labute approximate surface area is 162 Å². The molecule has 1 aromatic carbocycles. The third-order valence-corrected chi connectivity index (χ3v) is 3.72. The van der Waals surface area contributed by atoms with E-state index in [0.29, 0.717) is 6.54 Å². The van der Waals surface area contributed by atoms with Gasteiger partial charge in [-0.1, -0.05) is 31.5 Å². The van der Waals surface area contributed by atoms with E-state index in [-0.39, 0.29) is 24.0 Å². The van der Waals surface area contributed by atoms with E-state index in [4.69, 9.17) is 0 Å². The van der Waals surface area contributed by atoms with Crippen molar-refractivity contribution in [3.63, 3.8) is 0 Å². The zero-order valence-electron chi connectivity index (χ0n) is 15.0. The maximum Gasteiger partial charge on any atom is 0.191 e. The molecule has 1 heterocycles. The van der Waals surface area contributed by atoms with Crippen LogP contribution in [0.2, 0.25) is 0 Å². The van der Waals surface area contributed by atoms with Gasteiger partial charge in [0.05, 0.1) is 11.4 Å². The van der Waals surface area contributed by atoms with Gasteiger partial charge in [0.15, 0.2) is 5.96 Å². The van der Waals surface area contributed by atoms with Gasteiger partial charge in [0.1, 0.15) is 0 Å². The second-order valence-corrected chi connectivity index (χ2v) is 5.67. The molecule has 0 unspecified atom stereocenters. The topological polar surface area (TPSA) is 54.2 Å². The monoisotopic (exact) mass is 441 g/mol. The van der Waals surface area contributed by atoms with Gasteiger partial charge in [-0.15, -0.1) is 24.0 Å². The Hall–Kier alpha value is -1.57. The summed E-state index contributed by atoms with van der Waals surface area (Å²) < 4.78 is 2.00. The van der Waals surface area contributed by atoms with Crippen LogP contribution in [0.15, 0.2) is 35.3 Å². The summed E-state index contributed by atoms with van der Waals surface area (Å²) >= 11 is 0. The second-order valence-electron chi connectivity index (χ2n) is 5.67. The van der Waals surface area contributed by atoms with Gasteiger partial charge in [0.2, 0.25) is 0 Å². The minimum absolute atomic E-state index is 0. The van der Waals surface area contributed by atoms with Crippen LogP contribution < -0.4 is 10.6 Å². The first-order valence-electron chi connectivity index (χ1n) is 8.21. The highest BCUT2D eigenvalue weighted by molar-refractivity contribution is 14.0. The Morgan fingerprint density at radius 1 is 1.21 bits per heavy atom. The standard InChI is InChI=1S/C18H27N5.HI/c1-5-6-11-20-18(19-4)21-13-16-9-7-8-10-17(16)23-15(3)12-14(2)22-23;/h7-10,12H,5-6,11,13H2,1-4H3,(H2,19,20,21);1H. The molecule has 2 aromatic rings. The first-order chi connectivity index (χ1) is 11.2. The van der Waals surface area contributed by atoms with Crippen LogP contribution in [0, 0.1) is 13.8 Å². The predicted molar refractivity (Wildman–Crippen MR) is 112 cm³/mol. The highest BCUT2D eigenvalue weighted by Gasteiger charge is 2.09. The molecule has 0 saturated carbocycles. The van der Waals surface area contributed by atoms with Gasteiger partial charge in [0, 0.05) is 25.8 Å². The first kappa shape index (κ1) is 20.5. The molecule has 1 aromatic heterocycles. The highest BCUT2D eigenvalue weighted by atomic mass is 127. The molecule has 6 heteroatoms. The Morgan fingerprint density at radius 2 is 1.96 bits per heavy atom. The Bertz CT molecular complexity index is 663. The minimum atomic E-state index is 0. The molecule has 0 atom stereocenters. The zero-order valence-corrected chi connectivity index (χ0v) is 17.3. The number of aromatic nitrogens is 2. The normalized spacial score (nSPS) is 11.1. The van der Waals surface area contributed by atoms with Gasteiger partial charge in [-0.3, -0.25) is 4.99 Å². The molecule has 0 saturated heterocycles. The average molecular weight is 441 g/mol. The minimum Gasteiger partial charge on any atom is -0.356 e. The molecule has 24 heavy (non-hydrogen) atoms. The number of guanidine groups is 1. The first-order valence-corrected chi connectivity index (χ1v) is 8.21. The number of hydrogen-bond acceptors (Lipinski definition) is 2. The summed E-state index contributed by atoms with van der Waals surface area (Å²) in [6, 6.07) is 10.4. The van der Waals surface area contributed by atoms with E-state index in [0.717, 1.165) is 36.0 Å². The number of nitrogens with one attached hydrogen (secondary N) is 2. The molecule has 5 nitrogen and oxygen atoms in total. The van der Waals surface area contributed by atoms with Crippen LogP contribution in [0.25, 0.3) is 5.69 Å². The van der Waals surface area contributed by atoms with Crippen molar-refractivity contribution in [1.29, 1.82) is 0 Å². The van der Waals surface area contributed by atoms with Crippen LogP contribution in [0.1, 0.15) is 36.7 Å². The lowest BCUT2D eigenvalue weighted by atomic mass is 10.1. The molecule has 0 aliphatic carbocycles. The number of benzene rings is 1. The zero-order chi connectivity index (χ0) is 16.7. The molecular weight excluding hydrogens is 413 g/mol. The summed E-state index contributed by atoms with van der Waals surface area (Å²) in [5, 5.41) is 11.3. The smallest absolute Gasteiger partial charge is 0.191 e. The lowest BCUT2D eigenvalue weighted by Gasteiger charge is -2.15. The summed E-state index contributed by atoms with van der Waals surface area (Å²) in [5.74, 6) is 0.835. The number of nitrogens with zero attached hydrogens (tertiary/aromatic N) is 3. The summed E-state index contributed by atoms with van der Waals surface area (Å²) in [6.07, 6.45) is 2.31. The maximum atomic E-state index is 4.59. The Kier molecular flexibility index (Phi) is 8.81. The van der Waals surface area contributed by atoms with E-state index in [1.54, 1.807) is 7.05 Å². The number of aliphatic imine (C=N–C) groups is 1. The van der Waals surface area contributed by atoms with Crippen LogP contribution in [-0.4, -0.2) is 29.3 Å². The average Bonchev–Trinajstić information content (AvgIpc) is 2.89. The van der Waals surface area contributed by atoms with Gasteiger partial charge < -0.3 is 10.6 Å². The van der Waals surface area contributed by atoms with E-state index >= 15 is 0 Å². The number of hydrogen-bond donors (Lipinski definition) is 2. The SMILES string of the molecule is CCCCNC(=NC)NCc1ccccc1-n1nc(C)cc1C.I. The quantitative estimate of drug-likeness (QED) is 0.312. The van der Waals surface area contributed by atoms with Crippen molar-refractivity contribution in [1.82, 2.24) is 20.4 Å². The van der Waals surface area contributed by atoms with Crippen LogP contribution in [0.5, 0.6) is 0 Å². The van der Waals surface area contributed by atoms with Crippen molar-refractivity contribution < 1.29 is 0 Å². The van der Waals surface area contributed by atoms with E-state index in [2.05, 4.69) is 58.8 Å². The van der Waals surface area contributed by atoms with Crippen LogP contribution in [0.3, 0.4) is 0 Å². The summed E-state index contributed by atoms with van der Waals surface area (Å²) in [6.45, 7) is 7.93. The molecule has 0 radical (unpaired) electrons. The number of aryl methyl sites for hydroxylation is 2. The third kappa shape index (κ3) is 5.51. The van der Waals surface area contributed by atoms with Gasteiger partial charge in [-0.2, -0.15) is 5.10 Å². The van der Waals surface area contributed by atoms with Crippen LogP contribution >= 0.6 is 24.0 Å². The molecule has 0 spiro atoms. The van der Waals surface area contributed by atoms with Gasteiger partial charge in [-0.05, 0) is 38.0 Å². The molecule has 2 rings (SSSR count). The van der Waals surface area contributed by atoms with Crippen LogP contribution in [0.4, 0.5) is 0 Å². The molecule has 0 fully saturated rings. The number of halogens is 1.